The Morgan fingerprint density at radius 1 is 0.966 bits per heavy atom. The van der Waals surface area contributed by atoms with Crippen molar-refractivity contribution >= 4 is 32.7 Å². The highest BCUT2D eigenvalue weighted by atomic mass is 32.2. The van der Waals surface area contributed by atoms with Crippen molar-refractivity contribution in [2.45, 2.75) is 37.5 Å². The van der Waals surface area contributed by atoms with Gasteiger partial charge in [0, 0.05) is 10.8 Å². The Morgan fingerprint density at radius 3 is 2.17 bits per heavy atom. The number of hydrogen-bond donors (Lipinski definition) is 2. The van der Waals surface area contributed by atoms with Gasteiger partial charge in [0.2, 0.25) is 0 Å². The van der Waals surface area contributed by atoms with Crippen molar-refractivity contribution in [1.29, 1.82) is 0 Å². The zero-order valence-corrected chi connectivity index (χ0v) is 17.1. The Balaban J connectivity index is 1.80. The third-order valence-electron chi connectivity index (χ3n) is 4.95. The van der Waals surface area contributed by atoms with Crippen LogP contribution in [-0.2, 0) is 10.1 Å². The van der Waals surface area contributed by atoms with Gasteiger partial charge in [0.05, 0.1) is 5.69 Å². The van der Waals surface area contributed by atoms with Gasteiger partial charge in [-0.3, -0.25) is 9.87 Å². The second-order valence-electron chi connectivity index (χ2n) is 6.73. The molecule has 1 amide bonds. The lowest BCUT2D eigenvalue weighted by Crippen LogP contribution is -2.17. The second kappa shape index (κ2) is 8.63. The number of ether oxygens (including phenoxy) is 1. The van der Waals surface area contributed by atoms with Crippen molar-refractivity contribution in [3.63, 3.8) is 0 Å². The smallest absolute Gasteiger partial charge is 0.410 e. The fourth-order valence-electron chi connectivity index (χ4n) is 3.42. The van der Waals surface area contributed by atoms with Crippen LogP contribution in [0.15, 0.2) is 65.6 Å². The lowest BCUT2D eigenvalue weighted by molar-refractivity contribution is 0.215. The topological polar surface area (TPSA) is 92.7 Å². The van der Waals surface area contributed by atoms with Gasteiger partial charge >= 0.3 is 6.09 Å². The van der Waals surface area contributed by atoms with Crippen LogP contribution in [0.5, 0.6) is 5.75 Å². The first-order valence-electron chi connectivity index (χ1n) is 9.41. The molecule has 0 aliphatic carbocycles. The van der Waals surface area contributed by atoms with E-state index >= 15 is 0 Å². The van der Waals surface area contributed by atoms with Crippen LogP contribution in [0.3, 0.4) is 0 Å². The van der Waals surface area contributed by atoms with Gasteiger partial charge in [-0.15, -0.1) is 0 Å². The molecule has 0 fully saturated rings. The first-order chi connectivity index (χ1) is 13.8. The van der Waals surface area contributed by atoms with E-state index in [4.69, 9.17) is 4.74 Å². The summed E-state index contributed by atoms with van der Waals surface area (Å²) in [6.07, 6.45) is 1.40. The van der Waals surface area contributed by atoms with E-state index in [0.29, 0.717) is 28.1 Å². The molecular formula is C22H23NO5S. The lowest BCUT2D eigenvalue weighted by Gasteiger charge is -2.14. The first kappa shape index (κ1) is 20.8. The molecule has 0 spiro atoms. The van der Waals surface area contributed by atoms with Crippen molar-refractivity contribution in [3.05, 3.63) is 66.2 Å². The standard InChI is InChI=1S/C22H23NO5S/c1-3-15(4-2)16-9-11-17(12-10-16)28-22(24)23-20-13-14-21(29(25,26)27)19-8-6-5-7-18(19)20/h5-15H,3-4H2,1-2H3,(H,23,24)(H,25,26,27). The van der Waals surface area contributed by atoms with Crippen LogP contribution >= 0.6 is 0 Å². The predicted octanol–water partition coefficient (Wildman–Crippen LogP) is 5.60. The molecule has 3 rings (SSSR count). The summed E-state index contributed by atoms with van der Waals surface area (Å²) in [5.41, 5.74) is 1.58. The highest BCUT2D eigenvalue weighted by Crippen LogP contribution is 2.30. The molecule has 0 unspecified atom stereocenters. The third kappa shape index (κ3) is 4.75. The van der Waals surface area contributed by atoms with Gasteiger partial charge in [0.1, 0.15) is 10.6 Å². The Bertz CT molecular complexity index is 1120. The normalized spacial score (nSPS) is 11.6. The Kier molecular flexibility index (Phi) is 6.20. The van der Waals surface area contributed by atoms with Crippen LogP contribution in [0.25, 0.3) is 10.8 Å². The number of carbonyl (C=O) groups excluding carboxylic acids is 1. The number of nitrogens with one attached hydrogen (secondary N) is 1. The largest absolute Gasteiger partial charge is 0.417 e. The van der Waals surface area contributed by atoms with Crippen molar-refractivity contribution in [2.24, 2.45) is 0 Å². The van der Waals surface area contributed by atoms with Gasteiger partial charge in [-0.25, -0.2) is 4.79 Å². The van der Waals surface area contributed by atoms with Crippen LogP contribution in [0.2, 0.25) is 0 Å². The maximum absolute atomic E-state index is 12.3. The fourth-order valence-corrected chi connectivity index (χ4v) is 4.11. The summed E-state index contributed by atoms with van der Waals surface area (Å²) in [5, 5.41) is 3.42. The van der Waals surface area contributed by atoms with Crippen LogP contribution in [-0.4, -0.2) is 19.1 Å². The van der Waals surface area contributed by atoms with Crippen LogP contribution in [0.4, 0.5) is 10.5 Å². The number of rotatable bonds is 6. The molecule has 0 aromatic heterocycles. The molecule has 7 heteroatoms. The number of fused-ring (bicyclic) bond motifs is 1. The van der Waals surface area contributed by atoms with E-state index in [-0.39, 0.29) is 4.90 Å². The second-order valence-corrected chi connectivity index (χ2v) is 8.12. The van der Waals surface area contributed by atoms with Crippen molar-refractivity contribution in [3.8, 4) is 5.75 Å². The number of anilines is 1. The summed E-state index contributed by atoms with van der Waals surface area (Å²) in [6, 6.07) is 16.7. The van der Waals surface area contributed by atoms with E-state index in [9.17, 15) is 17.8 Å². The Labute approximate surface area is 170 Å². The predicted molar refractivity (Wildman–Crippen MR) is 113 cm³/mol. The Morgan fingerprint density at radius 2 is 1.59 bits per heavy atom. The molecule has 3 aromatic carbocycles. The maximum atomic E-state index is 12.3. The van der Waals surface area contributed by atoms with Crippen molar-refractivity contribution < 1.29 is 22.5 Å². The van der Waals surface area contributed by atoms with E-state index in [1.807, 2.05) is 12.1 Å². The van der Waals surface area contributed by atoms with E-state index < -0.39 is 16.2 Å². The quantitative estimate of drug-likeness (QED) is 0.513. The van der Waals surface area contributed by atoms with Crippen LogP contribution in [0.1, 0.15) is 38.2 Å². The molecule has 29 heavy (non-hydrogen) atoms. The summed E-state index contributed by atoms with van der Waals surface area (Å²) in [4.78, 5) is 12.1. The van der Waals surface area contributed by atoms with Crippen LogP contribution in [0, 0.1) is 0 Å². The number of amides is 1. The zero-order valence-electron chi connectivity index (χ0n) is 16.3. The molecule has 0 bridgehead atoms. The third-order valence-corrected chi connectivity index (χ3v) is 5.86. The Hall–Kier alpha value is -2.90. The fraction of sp³-hybridized carbons (Fsp3) is 0.227. The number of benzene rings is 3. The molecule has 6 nitrogen and oxygen atoms in total. The van der Waals surface area contributed by atoms with Gasteiger partial charge in [0.25, 0.3) is 10.1 Å². The van der Waals surface area contributed by atoms with E-state index in [2.05, 4.69) is 19.2 Å². The zero-order chi connectivity index (χ0) is 21.0. The van der Waals surface area contributed by atoms with Gasteiger partial charge < -0.3 is 4.74 Å². The van der Waals surface area contributed by atoms with Crippen molar-refractivity contribution in [2.75, 3.05) is 5.32 Å². The maximum Gasteiger partial charge on any atom is 0.417 e. The van der Waals surface area contributed by atoms with Crippen LogP contribution < -0.4 is 10.1 Å². The minimum Gasteiger partial charge on any atom is -0.410 e. The summed E-state index contributed by atoms with van der Waals surface area (Å²) in [7, 11) is -4.38. The monoisotopic (exact) mass is 413 g/mol. The average molecular weight is 413 g/mol. The molecule has 3 aromatic rings. The van der Waals surface area contributed by atoms with Gasteiger partial charge in [-0.2, -0.15) is 8.42 Å². The molecule has 0 atom stereocenters. The molecule has 0 aliphatic rings. The summed E-state index contributed by atoms with van der Waals surface area (Å²) >= 11 is 0. The minimum atomic E-state index is -4.38. The van der Waals surface area contributed by atoms with E-state index in [1.165, 1.54) is 17.7 Å². The number of carbonyl (C=O) groups is 1. The molecule has 0 aliphatic heterocycles. The lowest BCUT2D eigenvalue weighted by atomic mass is 9.94. The van der Waals surface area contributed by atoms with Gasteiger partial charge in [0.15, 0.2) is 0 Å². The molecule has 0 heterocycles. The van der Waals surface area contributed by atoms with Crippen molar-refractivity contribution in [1.82, 2.24) is 0 Å². The average Bonchev–Trinajstić information content (AvgIpc) is 2.69. The highest BCUT2D eigenvalue weighted by molar-refractivity contribution is 7.86. The summed E-state index contributed by atoms with van der Waals surface area (Å²) in [6.45, 7) is 4.29. The highest BCUT2D eigenvalue weighted by Gasteiger charge is 2.17. The molecule has 0 saturated heterocycles. The number of hydrogen-bond acceptors (Lipinski definition) is 4. The molecular weight excluding hydrogens is 390 g/mol. The molecule has 0 saturated carbocycles. The van der Waals surface area contributed by atoms with E-state index in [0.717, 1.165) is 12.8 Å². The minimum absolute atomic E-state index is 0.219. The summed E-state index contributed by atoms with van der Waals surface area (Å²) < 4.78 is 37.9. The van der Waals surface area contributed by atoms with Gasteiger partial charge in [-0.05, 0) is 48.6 Å². The summed E-state index contributed by atoms with van der Waals surface area (Å²) in [5.74, 6) is 0.890. The molecule has 2 N–H and O–H groups in total. The SMILES string of the molecule is CCC(CC)c1ccc(OC(=O)Nc2ccc(S(=O)(=O)O)c3ccccc23)cc1. The molecule has 152 valence electrons. The first-order valence-corrected chi connectivity index (χ1v) is 10.9. The van der Waals surface area contributed by atoms with E-state index in [1.54, 1.807) is 36.4 Å². The molecule has 0 radical (unpaired) electrons. The van der Waals surface area contributed by atoms with Gasteiger partial charge in [-0.1, -0.05) is 50.2 Å².